The maximum Gasteiger partial charge on any atom is 0.0592 e. The minimum atomic E-state index is -0.233. The average molecular weight is 221 g/mol. The van der Waals surface area contributed by atoms with Gasteiger partial charge in [0.05, 0.1) is 6.10 Å². The normalized spacial score (nSPS) is 13.1. The van der Waals surface area contributed by atoms with Gasteiger partial charge in [-0.25, -0.2) is 0 Å². The van der Waals surface area contributed by atoms with Crippen molar-refractivity contribution in [1.29, 1.82) is 0 Å². The number of hydrogen-bond donors (Lipinski definition) is 1. The van der Waals surface area contributed by atoms with Gasteiger partial charge < -0.3 is 10.0 Å². The lowest BCUT2D eigenvalue weighted by atomic mass is 9.99. The molecule has 1 rings (SSSR count). The van der Waals surface area contributed by atoms with Gasteiger partial charge in [-0.15, -0.1) is 0 Å². The lowest BCUT2D eigenvalue weighted by Gasteiger charge is -2.15. The predicted molar refractivity (Wildman–Crippen MR) is 68.8 cm³/mol. The Morgan fingerprint density at radius 1 is 1.25 bits per heavy atom. The molecule has 0 bridgehead atoms. The SMILES string of the molecule is Cc1ccc(C)c(CC(O)CCN(C)C)c1. The minimum absolute atomic E-state index is 0.233. The molecule has 1 aromatic carbocycles. The van der Waals surface area contributed by atoms with Crippen molar-refractivity contribution >= 4 is 0 Å². The fourth-order valence-electron chi connectivity index (χ4n) is 1.78. The molecule has 0 heterocycles. The Morgan fingerprint density at radius 3 is 2.56 bits per heavy atom. The van der Waals surface area contributed by atoms with Gasteiger partial charge in [0.25, 0.3) is 0 Å². The summed E-state index contributed by atoms with van der Waals surface area (Å²) in [6.45, 7) is 5.13. The van der Waals surface area contributed by atoms with Gasteiger partial charge >= 0.3 is 0 Å². The van der Waals surface area contributed by atoms with Gasteiger partial charge in [0.1, 0.15) is 0 Å². The molecule has 0 saturated carbocycles. The van der Waals surface area contributed by atoms with Crippen LogP contribution in [-0.2, 0) is 6.42 Å². The summed E-state index contributed by atoms with van der Waals surface area (Å²) in [4.78, 5) is 2.10. The molecule has 0 radical (unpaired) electrons. The van der Waals surface area contributed by atoms with Crippen LogP contribution in [-0.4, -0.2) is 36.8 Å². The Hall–Kier alpha value is -0.860. The molecule has 0 aliphatic carbocycles. The molecular formula is C14H23NO. The van der Waals surface area contributed by atoms with Crippen LogP contribution in [0.3, 0.4) is 0 Å². The van der Waals surface area contributed by atoms with E-state index in [1.807, 2.05) is 14.1 Å². The van der Waals surface area contributed by atoms with Gasteiger partial charge in [-0.05, 0) is 58.5 Å². The van der Waals surface area contributed by atoms with Crippen molar-refractivity contribution < 1.29 is 5.11 Å². The molecule has 2 nitrogen and oxygen atoms in total. The molecule has 0 aliphatic rings. The first kappa shape index (κ1) is 13.2. The van der Waals surface area contributed by atoms with Crippen molar-refractivity contribution in [2.75, 3.05) is 20.6 Å². The molecule has 0 spiro atoms. The quantitative estimate of drug-likeness (QED) is 0.823. The van der Waals surface area contributed by atoms with Crippen LogP contribution >= 0.6 is 0 Å². The van der Waals surface area contributed by atoms with E-state index in [0.717, 1.165) is 19.4 Å². The fourth-order valence-corrected chi connectivity index (χ4v) is 1.78. The Balaban J connectivity index is 2.55. The third-order valence-corrected chi connectivity index (χ3v) is 2.87. The molecule has 0 amide bonds. The van der Waals surface area contributed by atoms with Gasteiger partial charge in [-0.1, -0.05) is 23.8 Å². The summed E-state index contributed by atoms with van der Waals surface area (Å²) in [5.74, 6) is 0. The molecule has 90 valence electrons. The summed E-state index contributed by atoms with van der Waals surface area (Å²) >= 11 is 0. The molecule has 1 aromatic rings. The highest BCUT2D eigenvalue weighted by molar-refractivity contribution is 5.30. The van der Waals surface area contributed by atoms with Crippen LogP contribution in [0.15, 0.2) is 18.2 Å². The van der Waals surface area contributed by atoms with Crippen molar-refractivity contribution in [3.63, 3.8) is 0 Å². The average Bonchev–Trinajstić information content (AvgIpc) is 2.20. The number of hydrogen-bond acceptors (Lipinski definition) is 2. The van der Waals surface area contributed by atoms with E-state index < -0.39 is 0 Å². The van der Waals surface area contributed by atoms with Crippen LogP contribution in [0.4, 0.5) is 0 Å². The van der Waals surface area contributed by atoms with Crippen LogP contribution in [0.2, 0.25) is 0 Å². The number of benzene rings is 1. The number of nitrogens with zero attached hydrogens (tertiary/aromatic N) is 1. The van der Waals surface area contributed by atoms with E-state index in [1.54, 1.807) is 0 Å². The zero-order valence-corrected chi connectivity index (χ0v) is 10.8. The monoisotopic (exact) mass is 221 g/mol. The highest BCUT2D eigenvalue weighted by atomic mass is 16.3. The number of aliphatic hydroxyl groups excluding tert-OH is 1. The van der Waals surface area contributed by atoms with Crippen molar-refractivity contribution in [2.45, 2.75) is 32.8 Å². The summed E-state index contributed by atoms with van der Waals surface area (Å²) in [6.07, 6.45) is 1.37. The second kappa shape index (κ2) is 6.02. The third-order valence-electron chi connectivity index (χ3n) is 2.87. The lowest BCUT2D eigenvalue weighted by Crippen LogP contribution is -2.21. The molecule has 0 fully saturated rings. The largest absolute Gasteiger partial charge is 0.393 e. The highest BCUT2D eigenvalue weighted by Gasteiger charge is 2.08. The molecule has 0 aromatic heterocycles. The molecule has 0 aliphatic heterocycles. The molecular weight excluding hydrogens is 198 g/mol. The molecule has 0 saturated heterocycles. The van der Waals surface area contributed by atoms with E-state index in [-0.39, 0.29) is 6.10 Å². The molecule has 1 N–H and O–H groups in total. The second-order valence-corrected chi connectivity index (χ2v) is 4.88. The smallest absolute Gasteiger partial charge is 0.0592 e. The molecule has 16 heavy (non-hydrogen) atoms. The van der Waals surface area contributed by atoms with E-state index in [2.05, 4.69) is 36.9 Å². The van der Waals surface area contributed by atoms with Crippen LogP contribution in [0, 0.1) is 13.8 Å². The van der Waals surface area contributed by atoms with E-state index in [9.17, 15) is 5.11 Å². The Kier molecular flexibility index (Phi) is 4.97. The van der Waals surface area contributed by atoms with E-state index >= 15 is 0 Å². The van der Waals surface area contributed by atoms with Crippen molar-refractivity contribution in [3.05, 3.63) is 34.9 Å². The van der Waals surface area contributed by atoms with E-state index in [0.29, 0.717) is 0 Å². The van der Waals surface area contributed by atoms with Crippen molar-refractivity contribution in [3.8, 4) is 0 Å². The summed E-state index contributed by atoms with van der Waals surface area (Å²) in [7, 11) is 4.06. The third kappa shape index (κ3) is 4.33. The van der Waals surface area contributed by atoms with Crippen molar-refractivity contribution in [1.82, 2.24) is 4.90 Å². The molecule has 1 atom stereocenters. The van der Waals surface area contributed by atoms with Gasteiger partial charge in [0, 0.05) is 0 Å². The Labute approximate surface area is 98.9 Å². The number of aliphatic hydroxyl groups is 1. The molecule has 1 unspecified atom stereocenters. The van der Waals surface area contributed by atoms with Gasteiger partial charge in [-0.3, -0.25) is 0 Å². The lowest BCUT2D eigenvalue weighted by molar-refractivity contribution is 0.152. The van der Waals surface area contributed by atoms with Crippen LogP contribution < -0.4 is 0 Å². The summed E-state index contributed by atoms with van der Waals surface area (Å²) in [5.41, 5.74) is 3.81. The van der Waals surface area contributed by atoms with Crippen LogP contribution in [0.25, 0.3) is 0 Å². The molecule has 2 heteroatoms. The first-order valence-electron chi connectivity index (χ1n) is 5.88. The maximum absolute atomic E-state index is 9.94. The fraction of sp³-hybridized carbons (Fsp3) is 0.571. The summed E-state index contributed by atoms with van der Waals surface area (Å²) in [6, 6.07) is 6.42. The van der Waals surface area contributed by atoms with Gasteiger partial charge in [0.15, 0.2) is 0 Å². The second-order valence-electron chi connectivity index (χ2n) is 4.88. The van der Waals surface area contributed by atoms with Gasteiger partial charge in [0.2, 0.25) is 0 Å². The predicted octanol–water partition coefficient (Wildman–Crippen LogP) is 2.16. The summed E-state index contributed by atoms with van der Waals surface area (Å²) in [5, 5.41) is 9.94. The van der Waals surface area contributed by atoms with E-state index in [1.165, 1.54) is 16.7 Å². The zero-order valence-electron chi connectivity index (χ0n) is 10.8. The van der Waals surface area contributed by atoms with E-state index in [4.69, 9.17) is 0 Å². The van der Waals surface area contributed by atoms with Crippen molar-refractivity contribution in [2.24, 2.45) is 0 Å². The Bertz CT molecular complexity index is 334. The zero-order chi connectivity index (χ0) is 12.1. The Morgan fingerprint density at radius 2 is 1.94 bits per heavy atom. The van der Waals surface area contributed by atoms with Crippen LogP contribution in [0.1, 0.15) is 23.1 Å². The standard InChI is InChI=1S/C14H23NO/c1-11-5-6-12(2)13(9-11)10-14(16)7-8-15(3)4/h5-6,9,14,16H,7-8,10H2,1-4H3. The minimum Gasteiger partial charge on any atom is -0.393 e. The van der Waals surface area contributed by atoms with Gasteiger partial charge in [-0.2, -0.15) is 0 Å². The van der Waals surface area contributed by atoms with Crippen LogP contribution in [0.5, 0.6) is 0 Å². The number of aryl methyl sites for hydroxylation is 2. The highest BCUT2D eigenvalue weighted by Crippen LogP contribution is 2.14. The first-order valence-corrected chi connectivity index (χ1v) is 5.88. The number of rotatable bonds is 5. The summed E-state index contributed by atoms with van der Waals surface area (Å²) < 4.78 is 0. The topological polar surface area (TPSA) is 23.5 Å². The maximum atomic E-state index is 9.94. The first-order chi connectivity index (χ1) is 7.49.